The molecule has 5 nitrogen and oxygen atoms in total. The minimum atomic E-state index is -0.0132. The van der Waals surface area contributed by atoms with Gasteiger partial charge in [0.1, 0.15) is 0 Å². The highest BCUT2D eigenvalue weighted by atomic mass is 35.5. The minimum absolute atomic E-state index is 0. The lowest BCUT2D eigenvalue weighted by molar-refractivity contribution is 0.405. The smallest absolute Gasteiger partial charge is 0.262 e. The molecule has 0 saturated carbocycles. The maximum atomic E-state index is 12.2. The largest absolute Gasteiger partial charge is 0.356 e. The van der Waals surface area contributed by atoms with Crippen molar-refractivity contribution in [3.8, 4) is 0 Å². The van der Waals surface area contributed by atoms with E-state index < -0.39 is 0 Å². The molecule has 2 aromatic rings. The normalized spacial score (nSPS) is 10.6. The third kappa shape index (κ3) is 3.71. The molecule has 0 aliphatic heterocycles. The maximum Gasteiger partial charge on any atom is 0.262 e. The summed E-state index contributed by atoms with van der Waals surface area (Å²) in [7, 11) is 5.84. The highest BCUT2D eigenvalue weighted by molar-refractivity contribution is 5.85. The Hall–Kier alpha value is -1.59. The number of nitrogens with one attached hydrogen (secondary N) is 1. The Bertz CT molecular complexity index is 624. The summed E-state index contributed by atoms with van der Waals surface area (Å²) in [5, 5.41) is 3.88. The molecular weight excluding hydrogens is 276 g/mol. The molecule has 110 valence electrons. The topological polar surface area (TPSA) is 50.2 Å². The van der Waals surface area contributed by atoms with Gasteiger partial charge in [0.15, 0.2) is 0 Å². The SMILES string of the molecule is CN(C)CCCNc1nc2ccccc2c(=O)n1C.Cl. The quantitative estimate of drug-likeness (QED) is 0.854. The zero-order chi connectivity index (χ0) is 13.8. The summed E-state index contributed by atoms with van der Waals surface area (Å²) in [6, 6.07) is 7.42. The Balaban J connectivity index is 0.00000200. The number of anilines is 1. The molecular formula is C14H21ClN4O. The van der Waals surface area contributed by atoms with E-state index in [0.29, 0.717) is 11.3 Å². The molecule has 0 atom stereocenters. The first kappa shape index (κ1) is 16.5. The molecule has 0 fully saturated rings. The number of hydrogen-bond donors (Lipinski definition) is 1. The first-order valence-electron chi connectivity index (χ1n) is 6.44. The van der Waals surface area contributed by atoms with E-state index >= 15 is 0 Å². The van der Waals surface area contributed by atoms with Crippen LogP contribution in [0.2, 0.25) is 0 Å². The van der Waals surface area contributed by atoms with Crippen LogP contribution in [-0.4, -0.2) is 41.6 Å². The average Bonchev–Trinajstić information content (AvgIpc) is 2.40. The number of benzene rings is 1. The molecule has 0 saturated heterocycles. The van der Waals surface area contributed by atoms with Crippen molar-refractivity contribution in [2.45, 2.75) is 6.42 Å². The molecule has 0 bridgehead atoms. The highest BCUT2D eigenvalue weighted by Gasteiger charge is 2.06. The summed E-state index contributed by atoms with van der Waals surface area (Å²) in [5.41, 5.74) is 0.724. The van der Waals surface area contributed by atoms with Crippen LogP contribution < -0.4 is 10.9 Å². The van der Waals surface area contributed by atoms with Crippen LogP contribution in [0.1, 0.15) is 6.42 Å². The van der Waals surface area contributed by atoms with Gasteiger partial charge in [0, 0.05) is 13.6 Å². The van der Waals surface area contributed by atoms with Crippen LogP contribution >= 0.6 is 12.4 Å². The summed E-state index contributed by atoms with van der Waals surface area (Å²) < 4.78 is 1.57. The van der Waals surface area contributed by atoms with Gasteiger partial charge in [0.25, 0.3) is 5.56 Å². The van der Waals surface area contributed by atoms with Crippen LogP contribution in [0, 0.1) is 0 Å². The zero-order valence-electron chi connectivity index (χ0n) is 12.1. The summed E-state index contributed by atoms with van der Waals surface area (Å²) in [6.45, 7) is 1.81. The Morgan fingerprint density at radius 1 is 1.30 bits per heavy atom. The number of para-hydroxylation sites is 1. The molecule has 1 N–H and O–H groups in total. The third-order valence-electron chi connectivity index (χ3n) is 3.05. The monoisotopic (exact) mass is 296 g/mol. The standard InChI is InChI=1S/C14H20N4O.ClH/c1-17(2)10-6-9-15-14-16-12-8-5-4-7-11(12)13(19)18(14)3;/h4-5,7-8H,6,9-10H2,1-3H3,(H,15,16);1H. The lowest BCUT2D eigenvalue weighted by atomic mass is 10.2. The highest BCUT2D eigenvalue weighted by Crippen LogP contribution is 2.09. The van der Waals surface area contributed by atoms with E-state index in [2.05, 4.69) is 15.2 Å². The van der Waals surface area contributed by atoms with Gasteiger partial charge < -0.3 is 10.2 Å². The third-order valence-corrected chi connectivity index (χ3v) is 3.05. The summed E-state index contributed by atoms with van der Waals surface area (Å²) in [5.74, 6) is 0.627. The molecule has 1 aromatic carbocycles. The van der Waals surface area contributed by atoms with Gasteiger partial charge in [0.05, 0.1) is 10.9 Å². The number of hydrogen-bond acceptors (Lipinski definition) is 4. The van der Waals surface area contributed by atoms with Gasteiger partial charge >= 0.3 is 0 Å². The van der Waals surface area contributed by atoms with Crippen molar-refractivity contribution in [3.63, 3.8) is 0 Å². The number of nitrogens with zero attached hydrogens (tertiary/aromatic N) is 3. The van der Waals surface area contributed by atoms with E-state index in [-0.39, 0.29) is 18.0 Å². The van der Waals surface area contributed by atoms with E-state index in [4.69, 9.17) is 0 Å². The Morgan fingerprint density at radius 3 is 2.70 bits per heavy atom. The second-order valence-corrected chi connectivity index (χ2v) is 4.90. The Kier molecular flexibility index (Phi) is 5.98. The summed E-state index contributed by atoms with van der Waals surface area (Å²) >= 11 is 0. The first-order chi connectivity index (χ1) is 9.09. The van der Waals surface area contributed by atoms with Crippen LogP contribution in [-0.2, 0) is 7.05 Å². The maximum absolute atomic E-state index is 12.2. The van der Waals surface area contributed by atoms with Gasteiger partial charge in [-0.2, -0.15) is 0 Å². The molecule has 0 amide bonds. The van der Waals surface area contributed by atoms with Crippen molar-refractivity contribution >= 4 is 29.3 Å². The van der Waals surface area contributed by atoms with Crippen LogP contribution in [0.15, 0.2) is 29.1 Å². The fraction of sp³-hybridized carbons (Fsp3) is 0.429. The number of halogens is 1. The molecule has 0 unspecified atom stereocenters. The van der Waals surface area contributed by atoms with Crippen molar-refractivity contribution in [3.05, 3.63) is 34.6 Å². The van der Waals surface area contributed by atoms with Gasteiger partial charge in [-0.05, 0) is 39.2 Å². The van der Waals surface area contributed by atoms with E-state index in [1.165, 1.54) is 0 Å². The van der Waals surface area contributed by atoms with Gasteiger partial charge in [0.2, 0.25) is 5.95 Å². The molecule has 0 radical (unpaired) electrons. The van der Waals surface area contributed by atoms with Gasteiger partial charge in [-0.3, -0.25) is 9.36 Å². The van der Waals surface area contributed by atoms with Gasteiger partial charge in [-0.1, -0.05) is 12.1 Å². The number of fused-ring (bicyclic) bond motifs is 1. The molecule has 1 aromatic heterocycles. The van der Waals surface area contributed by atoms with E-state index in [1.54, 1.807) is 17.7 Å². The van der Waals surface area contributed by atoms with Crippen LogP contribution in [0.25, 0.3) is 10.9 Å². The van der Waals surface area contributed by atoms with Gasteiger partial charge in [-0.25, -0.2) is 4.98 Å². The number of aromatic nitrogens is 2. The minimum Gasteiger partial charge on any atom is -0.356 e. The fourth-order valence-electron chi connectivity index (χ4n) is 1.97. The molecule has 0 aliphatic carbocycles. The Labute approximate surface area is 125 Å². The lowest BCUT2D eigenvalue weighted by Gasteiger charge is -2.13. The fourth-order valence-corrected chi connectivity index (χ4v) is 1.97. The average molecular weight is 297 g/mol. The molecule has 0 aliphatic rings. The van der Waals surface area contributed by atoms with E-state index in [9.17, 15) is 4.79 Å². The van der Waals surface area contributed by atoms with E-state index in [0.717, 1.165) is 25.0 Å². The molecule has 1 heterocycles. The predicted octanol–water partition coefficient (Wildman–Crippen LogP) is 1.72. The van der Waals surface area contributed by atoms with Crippen LogP contribution in [0.4, 0.5) is 5.95 Å². The lowest BCUT2D eigenvalue weighted by Crippen LogP contribution is -2.24. The summed E-state index contributed by atoms with van der Waals surface area (Å²) in [4.78, 5) is 18.8. The summed E-state index contributed by atoms with van der Waals surface area (Å²) in [6.07, 6.45) is 1.01. The second-order valence-electron chi connectivity index (χ2n) is 4.90. The Morgan fingerprint density at radius 2 is 2.00 bits per heavy atom. The molecule has 2 rings (SSSR count). The van der Waals surface area contributed by atoms with Gasteiger partial charge in [-0.15, -0.1) is 12.4 Å². The number of rotatable bonds is 5. The molecule has 0 spiro atoms. The van der Waals surface area contributed by atoms with Crippen molar-refractivity contribution in [1.82, 2.24) is 14.5 Å². The predicted molar refractivity (Wildman–Crippen MR) is 85.9 cm³/mol. The molecule has 6 heteroatoms. The van der Waals surface area contributed by atoms with Crippen LogP contribution in [0.5, 0.6) is 0 Å². The van der Waals surface area contributed by atoms with Crippen molar-refractivity contribution < 1.29 is 0 Å². The van der Waals surface area contributed by atoms with E-state index in [1.807, 2.05) is 32.3 Å². The second kappa shape index (κ2) is 7.26. The van der Waals surface area contributed by atoms with Crippen LogP contribution in [0.3, 0.4) is 0 Å². The van der Waals surface area contributed by atoms with Crippen molar-refractivity contribution in [2.24, 2.45) is 7.05 Å². The van der Waals surface area contributed by atoms with Crippen molar-refractivity contribution in [1.29, 1.82) is 0 Å². The zero-order valence-corrected chi connectivity index (χ0v) is 12.9. The van der Waals surface area contributed by atoms with Crippen molar-refractivity contribution in [2.75, 3.05) is 32.5 Å². The first-order valence-corrected chi connectivity index (χ1v) is 6.44. The molecule has 20 heavy (non-hydrogen) atoms.